The molecule has 39 nitrogen and oxygen atoms in total. The molecule has 0 saturated carbocycles. The number of para-hydroxylation sites is 1. The van der Waals surface area contributed by atoms with Crippen LogP contribution in [0.4, 0.5) is 0 Å². The maximum Gasteiger partial charge on any atom is 0.326 e. The first-order valence-corrected chi connectivity index (χ1v) is 38.1. The van der Waals surface area contributed by atoms with Crippen LogP contribution in [0.15, 0.2) is 54.7 Å². The molecule has 1 fully saturated rings. The lowest BCUT2D eigenvalue weighted by atomic mass is 10.0. The molecule has 111 heavy (non-hydrogen) atoms. The van der Waals surface area contributed by atoms with Crippen molar-refractivity contribution in [2.75, 3.05) is 62.9 Å². The minimum absolute atomic E-state index is 0.00900. The van der Waals surface area contributed by atoms with Gasteiger partial charge in [-0.05, 0) is 91.7 Å². The van der Waals surface area contributed by atoms with Crippen molar-refractivity contribution in [2.24, 2.45) is 23.3 Å². The number of phenols is 1. The number of aliphatic carboxylic acids is 2. The number of benzene rings is 2. The molecule has 1 aliphatic rings. The van der Waals surface area contributed by atoms with Crippen LogP contribution in [0.3, 0.4) is 0 Å². The average Bonchev–Trinajstić information content (AvgIpc) is 1.71. The number of carboxylic acid groups (broad SMARTS) is 2. The van der Waals surface area contributed by atoms with Crippen molar-refractivity contribution >= 4 is 148 Å². The Morgan fingerprint density at radius 1 is 0.559 bits per heavy atom. The van der Waals surface area contributed by atoms with E-state index in [9.17, 15) is 107 Å². The first-order valence-electron chi connectivity index (χ1n) is 35.4. The second-order valence-corrected chi connectivity index (χ2v) is 28.5. The molecule has 0 unspecified atom stereocenters. The number of aliphatic hydroxyl groups excluding tert-OH is 2. The molecule has 15 amide bonds. The Morgan fingerprint density at radius 3 is 1.64 bits per heavy atom. The summed E-state index contributed by atoms with van der Waals surface area (Å²) >= 11 is 9.67. The lowest BCUT2D eigenvalue weighted by Gasteiger charge is -2.29. The molecular formula is C69H101N17O22S3. The molecule has 0 radical (unpaired) electrons. The number of thioether (sulfide) groups is 1. The molecule has 23 N–H and O–H groups in total. The minimum atomic E-state index is -1.70. The number of rotatable bonds is 48. The molecule has 2 heterocycles. The Kier molecular flexibility index (Phi) is 39.4. The first kappa shape index (κ1) is 93.1. The number of aromatic amines is 1. The number of H-pyrrole nitrogens is 1. The number of fused-ring (bicyclic) bond motifs is 1. The van der Waals surface area contributed by atoms with Crippen molar-refractivity contribution in [3.05, 3.63) is 65.9 Å². The predicted octanol–water partition coefficient (Wildman–Crippen LogP) is -6.31. The molecule has 0 bridgehead atoms. The van der Waals surface area contributed by atoms with E-state index in [1.807, 2.05) is 0 Å². The zero-order valence-electron chi connectivity index (χ0n) is 61.8. The number of hydrogen-bond acceptors (Lipinski definition) is 24. The molecule has 0 aliphatic carbocycles. The lowest BCUT2D eigenvalue weighted by molar-refractivity contribution is -0.143. The number of phenolic OH excluding ortho intramolecular Hbond substituents is 1. The summed E-state index contributed by atoms with van der Waals surface area (Å²) in [6.07, 6.45) is 1.09. The summed E-state index contributed by atoms with van der Waals surface area (Å²) < 4.78 is 0. The number of thiol groups is 2. The van der Waals surface area contributed by atoms with Crippen molar-refractivity contribution in [1.82, 2.24) is 79.0 Å². The number of carbonyl (C=O) groups excluding carboxylic acids is 15. The summed E-state index contributed by atoms with van der Waals surface area (Å²) in [6.45, 7) is 2.42. The molecule has 12 atom stereocenters. The van der Waals surface area contributed by atoms with Crippen molar-refractivity contribution < 1.29 is 107 Å². The number of carbonyl (C=O) groups is 17. The number of amides is 15. The van der Waals surface area contributed by atoms with Crippen LogP contribution < -0.4 is 80.6 Å². The van der Waals surface area contributed by atoms with Crippen LogP contribution >= 0.6 is 37.0 Å². The van der Waals surface area contributed by atoms with Gasteiger partial charge in [0.2, 0.25) is 88.6 Å². The van der Waals surface area contributed by atoms with Gasteiger partial charge < -0.3 is 116 Å². The van der Waals surface area contributed by atoms with Crippen molar-refractivity contribution in [3.8, 4) is 5.75 Å². The molecule has 0 spiro atoms. The van der Waals surface area contributed by atoms with E-state index in [-0.39, 0.29) is 80.4 Å². The quantitative estimate of drug-likeness (QED) is 0.0234. The predicted molar refractivity (Wildman–Crippen MR) is 407 cm³/mol. The Bertz CT molecular complexity index is 3780. The van der Waals surface area contributed by atoms with Gasteiger partial charge in [-0.3, -0.25) is 76.7 Å². The molecule has 1 saturated heterocycles. The van der Waals surface area contributed by atoms with Gasteiger partial charge in [-0.1, -0.05) is 58.0 Å². The normalized spacial score (nSPS) is 15.5. The third kappa shape index (κ3) is 31.2. The number of nitrogens with one attached hydrogen (secondary N) is 14. The Morgan fingerprint density at radius 2 is 1.07 bits per heavy atom. The topological polar surface area (TPSA) is 619 Å². The summed E-state index contributed by atoms with van der Waals surface area (Å²) in [5.74, 6) is -18.2. The molecular weight excluding hydrogens is 1520 g/mol. The third-order valence-electron chi connectivity index (χ3n) is 17.3. The Balaban J connectivity index is 1.41. The van der Waals surface area contributed by atoms with Gasteiger partial charge in [-0.25, -0.2) is 4.79 Å². The number of aliphatic hydroxyl groups is 2. The van der Waals surface area contributed by atoms with Gasteiger partial charge in [0.25, 0.3) is 0 Å². The largest absolute Gasteiger partial charge is 0.508 e. The standard InChI is InChI=1S/C69H101N17O22S3/c1-34(2)23-47(69(107)108)81-63(101)48(31-88)82-62(100)46(25-37-26-72-41-10-7-6-9-39(37)41)80-65(103)50(33-110)84-67(105)57(35(3)4)85-61(99)43(20-22-111-5)77-54(92)28-73-53(91)27-74-59(97)45(24-36-12-14-38(89)15-13-36)79-60(98)42(17-19-56(94)95)76-55(93)29-75-66(104)51-11-8-21-86(51)68(106)44(16-18-52(71)90)78-64(102)49(32-109)83-58(96)40(70)30-87/h6-7,9-10,12-15,26,34-35,40,42-51,57,72,87-89,109-110H,8,11,16-25,27-33,70H2,1-5H3,(H2,71,90)(H,73,91)(H,74,97)(H,75,104)(H,76,93)(H,77,92)(H,78,102)(H,79,98)(H,80,103)(H,81,101)(H,82,100)(H,83,96)(H,84,105)(H,85,99)(H,94,95)(H,107,108)/t40-,42-,43-,44-,45-,46-,47-,48-,49-,50-,51-,57-/m0/s1. The molecule has 3 aromatic rings. The van der Waals surface area contributed by atoms with E-state index in [1.165, 1.54) is 36.0 Å². The van der Waals surface area contributed by atoms with E-state index in [0.29, 0.717) is 22.0 Å². The van der Waals surface area contributed by atoms with Crippen molar-refractivity contribution in [3.63, 3.8) is 0 Å². The van der Waals surface area contributed by atoms with Gasteiger partial charge in [-0.2, -0.15) is 37.0 Å². The maximum absolute atomic E-state index is 14.1. The fourth-order valence-corrected chi connectivity index (χ4v) is 12.2. The van der Waals surface area contributed by atoms with Gasteiger partial charge in [0, 0.05) is 60.8 Å². The fourth-order valence-electron chi connectivity index (χ4n) is 11.3. The van der Waals surface area contributed by atoms with Gasteiger partial charge in [0.05, 0.1) is 32.8 Å². The number of hydrogen-bond donors (Lipinski definition) is 23. The number of likely N-dealkylation sites (tertiary alicyclic amines) is 1. The van der Waals surface area contributed by atoms with Crippen molar-refractivity contribution in [2.45, 2.75) is 164 Å². The molecule has 42 heteroatoms. The van der Waals surface area contributed by atoms with E-state index in [1.54, 1.807) is 64.4 Å². The van der Waals surface area contributed by atoms with Crippen LogP contribution in [-0.4, -0.2) is 271 Å². The molecule has 4 rings (SSSR count). The smallest absolute Gasteiger partial charge is 0.326 e. The summed E-state index contributed by atoms with van der Waals surface area (Å²) in [5, 5.41) is 80.9. The number of aromatic nitrogens is 1. The molecule has 612 valence electrons. The monoisotopic (exact) mass is 1620 g/mol. The van der Waals surface area contributed by atoms with Gasteiger partial charge >= 0.3 is 11.9 Å². The second kappa shape index (κ2) is 47.0. The number of nitrogens with zero attached hydrogens (tertiary/aromatic N) is 1. The highest BCUT2D eigenvalue weighted by molar-refractivity contribution is 7.98. The minimum Gasteiger partial charge on any atom is -0.508 e. The van der Waals surface area contributed by atoms with E-state index in [4.69, 9.17) is 11.5 Å². The zero-order valence-corrected chi connectivity index (χ0v) is 64.4. The maximum atomic E-state index is 14.1. The summed E-state index contributed by atoms with van der Waals surface area (Å²) in [4.78, 5) is 231. The highest BCUT2D eigenvalue weighted by atomic mass is 32.2. The average molecular weight is 1620 g/mol. The highest BCUT2D eigenvalue weighted by Gasteiger charge is 2.40. The summed E-state index contributed by atoms with van der Waals surface area (Å²) in [5.41, 5.74) is 12.4. The number of nitrogens with two attached hydrogens (primary N) is 2. The van der Waals surface area contributed by atoms with Crippen LogP contribution in [0.25, 0.3) is 10.9 Å². The van der Waals surface area contributed by atoms with Gasteiger partial charge in [-0.15, -0.1) is 0 Å². The van der Waals surface area contributed by atoms with Crippen LogP contribution in [0.1, 0.15) is 90.2 Å². The Hall–Kier alpha value is -10.3. The first-order chi connectivity index (χ1) is 52.5. The molecule has 2 aromatic carbocycles. The highest BCUT2D eigenvalue weighted by Crippen LogP contribution is 2.22. The zero-order chi connectivity index (χ0) is 82.8. The van der Waals surface area contributed by atoms with E-state index < -0.39 is 231 Å². The number of carboxylic acids is 2. The van der Waals surface area contributed by atoms with Crippen LogP contribution in [0.2, 0.25) is 0 Å². The van der Waals surface area contributed by atoms with Crippen molar-refractivity contribution in [1.29, 1.82) is 0 Å². The lowest BCUT2D eigenvalue weighted by Crippen LogP contribution is -2.61. The summed E-state index contributed by atoms with van der Waals surface area (Å²) in [7, 11) is 0. The van der Waals surface area contributed by atoms with Gasteiger partial charge in [0.15, 0.2) is 0 Å². The summed E-state index contributed by atoms with van der Waals surface area (Å²) in [6, 6.07) is -5.13. The third-order valence-corrected chi connectivity index (χ3v) is 18.6. The van der Waals surface area contributed by atoms with Crippen LogP contribution in [0.5, 0.6) is 5.75 Å². The fraction of sp³-hybridized carbons (Fsp3) is 0.551. The SMILES string of the molecule is CSCC[C@H](NC(=O)CNC(=O)CNC(=O)[C@H](Cc1ccc(O)cc1)NC(=O)[C@H](CCC(=O)O)NC(=O)CNC(=O)[C@@H]1CCCN1C(=O)[C@H](CCC(N)=O)NC(=O)[C@H](CS)NC(=O)[C@@H](N)CO)C(=O)N[C@H](C(=O)N[C@@H](CS)C(=O)N[C@@H](Cc1c[nH]c2ccccc12)C(=O)N[C@@H](CO)C(=O)N[C@@H](CC(C)C)C(=O)O)C(C)C. The van der Waals surface area contributed by atoms with Gasteiger partial charge in [0.1, 0.15) is 78.3 Å². The Labute approximate surface area is 653 Å². The van der Waals surface area contributed by atoms with E-state index in [2.05, 4.69) is 99.4 Å². The second-order valence-electron chi connectivity index (χ2n) is 26.8. The van der Waals surface area contributed by atoms with Crippen LogP contribution in [-0.2, 0) is 94.3 Å². The number of aromatic hydroxyl groups is 1. The number of primary amides is 1. The van der Waals surface area contributed by atoms with E-state index >= 15 is 0 Å². The van der Waals surface area contributed by atoms with E-state index in [0.717, 1.165) is 4.90 Å². The molecule has 1 aromatic heterocycles. The molecule has 1 aliphatic heterocycles. The van der Waals surface area contributed by atoms with Crippen LogP contribution in [0, 0.1) is 11.8 Å².